The van der Waals surface area contributed by atoms with E-state index in [-0.39, 0.29) is 12.6 Å². The quantitative estimate of drug-likeness (QED) is 0.665. The standard InChI is InChI=1S/C16H17N3O/c20-11-15(12-5-2-1-3-6-12)18-9-13-10-19-16-14(13)7-4-8-17-16/h1-8,10,15,18,20H,9,11H2,(H,17,19)/t15-/m1/s1. The number of aliphatic hydroxyl groups excluding tert-OH is 1. The number of benzene rings is 1. The fourth-order valence-electron chi connectivity index (χ4n) is 2.37. The maximum Gasteiger partial charge on any atom is 0.137 e. The van der Waals surface area contributed by atoms with Gasteiger partial charge in [0, 0.05) is 24.3 Å². The SMILES string of the molecule is OC[C@@H](NCc1c[nH]c2ncccc12)c1ccccc1. The Balaban J connectivity index is 1.75. The third-order valence-corrected chi connectivity index (χ3v) is 3.46. The zero-order chi connectivity index (χ0) is 13.8. The molecule has 0 spiro atoms. The number of H-pyrrole nitrogens is 1. The lowest BCUT2D eigenvalue weighted by molar-refractivity contribution is 0.244. The summed E-state index contributed by atoms with van der Waals surface area (Å²) in [4.78, 5) is 7.43. The van der Waals surface area contributed by atoms with E-state index in [0.29, 0.717) is 6.54 Å². The van der Waals surface area contributed by atoms with Gasteiger partial charge in [-0.15, -0.1) is 0 Å². The van der Waals surface area contributed by atoms with E-state index in [9.17, 15) is 5.11 Å². The Morgan fingerprint density at radius 3 is 2.80 bits per heavy atom. The molecule has 20 heavy (non-hydrogen) atoms. The third kappa shape index (κ3) is 2.57. The topological polar surface area (TPSA) is 60.9 Å². The van der Waals surface area contributed by atoms with Crippen LogP contribution in [0, 0.1) is 0 Å². The summed E-state index contributed by atoms with van der Waals surface area (Å²) in [5.41, 5.74) is 3.14. The minimum absolute atomic E-state index is 0.0576. The predicted octanol–water partition coefficient (Wildman–Crippen LogP) is 2.39. The highest BCUT2D eigenvalue weighted by Crippen LogP contribution is 2.17. The van der Waals surface area contributed by atoms with E-state index in [2.05, 4.69) is 15.3 Å². The highest BCUT2D eigenvalue weighted by molar-refractivity contribution is 5.79. The molecular formula is C16H17N3O. The second-order valence-corrected chi connectivity index (χ2v) is 4.74. The van der Waals surface area contributed by atoms with Gasteiger partial charge in [0.2, 0.25) is 0 Å². The van der Waals surface area contributed by atoms with Crippen LogP contribution in [0.25, 0.3) is 11.0 Å². The smallest absolute Gasteiger partial charge is 0.137 e. The van der Waals surface area contributed by atoms with Crippen LogP contribution in [0.4, 0.5) is 0 Å². The van der Waals surface area contributed by atoms with E-state index >= 15 is 0 Å². The molecular weight excluding hydrogens is 250 g/mol. The summed E-state index contributed by atoms with van der Waals surface area (Å²) in [7, 11) is 0. The number of fused-ring (bicyclic) bond motifs is 1. The average molecular weight is 267 g/mol. The van der Waals surface area contributed by atoms with Gasteiger partial charge in [0.05, 0.1) is 12.6 Å². The molecule has 0 aliphatic rings. The lowest BCUT2D eigenvalue weighted by atomic mass is 10.1. The van der Waals surface area contributed by atoms with Crippen LogP contribution in [0.2, 0.25) is 0 Å². The number of hydrogen-bond acceptors (Lipinski definition) is 3. The molecule has 0 unspecified atom stereocenters. The minimum atomic E-state index is -0.0576. The number of hydrogen-bond donors (Lipinski definition) is 3. The van der Waals surface area contributed by atoms with Gasteiger partial charge in [0.15, 0.2) is 0 Å². The first-order chi connectivity index (χ1) is 9.88. The van der Waals surface area contributed by atoms with Crippen LogP contribution in [-0.2, 0) is 6.54 Å². The molecule has 0 radical (unpaired) electrons. The van der Waals surface area contributed by atoms with E-state index in [0.717, 1.165) is 22.2 Å². The van der Waals surface area contributed by atoms with Gasteiger partial charge in [0.1, 0.15) is 5.65 Å². The molecule has 2 aromatic heterocycles. The fraction of sp³-hybridized carbons (Fsp3) is 0.188. The molecule has 102 valence electrons. The number of rotatable bonds is 5. The van der Waals surface area contributed by atoms with Crippen LogP contribution in [0.5, 0.6) is 0 Å². The molecule has 3 N–H and O–H groups in total. The zero-order valence-electron chi connectivity index (χ0n) is 11.1. The Labute approximate surface area is 117 Å². The number of aromatic amines is 1. The molecule has 0 saturated carbocycles. The molecule has 4 heteroatoms. The lowest BCUT2D eigenvalue weighted by Gasteiger charge is -2.16. The first-order valence-corrected chi connectivity index (χ1v) is 6.68. The number of nitrogens with one attached hydrogen (secondary N) is 2. The summed E-state index contributed by atoms with van der Waals surface area (Å²) in [6, 6.07) is 13.9. The summed E-state index contributed by atoms with van der Waals surface area (Å²) in [6.45, 7) is 0.760. The number of nitrogens with zero attached hydrogens (tertiary/aromatic N) is 1. The average Bonchev–Trinajstić information content (AvgIpc) is 2.92. The van der Waals surface area contributed by atoms with Crippen molar-refractivity contribution in [2.24, 2.45) is 0 Å². The van der Waals surface area contributed by atoms with E-state index in [4.69, 9.17) is 0 Å². The summed E-state index contributed by atoms with van der Waals surface area (Å²) in [5, 5.41) is 14.0. The van der Waals surface area contributed by atoms with E-state index < -0.39 is 0 Å². The zero-order valence-corrected chi connectivity index (χ0v) is 11.1. The Kier molecular flexibility index (Phi) is 3.76. The molecule has 2 heterocycles. The van der Waals surface area contributed by atoms with Gasteiger partial charge in [0.25, 0.3) is 0 Å². The minimum Gasteiger partial charge on any atom is -0.394 e. The van der Waals surface area contributed by atoms with Crippen molar-refractivity contribution in [1.82, 2.24) is 15.3 Å². The molecule has 1 atom stereocenters. The van der Waals surface area contributed by atoms with Crippen LogP contribution in [0.15, 0.2) is 54.9 Å². The maximum absolute atomic E-state index is 9.54. The van der Waals surface area contributed by atoms with E-state index in [1.807, 2.05) is 48.7 Å². The van der Waals surface area contributed by atoms with Crippen molar-refractivity contribution in [3.8, 4) is 0 Å². The first-order valence-electron chi connectivity index (χ1n) is 6.68. The van der Waals surface area contributed by atoms with Crippen LogP contribution >= 0.6 is 0 Å². The molecule has 3 aromatic rings. The maximum atomic E-state index is 9.54. The number of pyridine rings is 1. The second kappa shape index (κ2) is 5.86. The number of aliphatic hydroxyl groups is 1. The molecule has 0 fully saturated rings. The summed E-state index contributed by atoms with van der Waals surface area (Å²) in [6.07, 6.45) is 3.74. The van der Waals surface area contributed by atoms with Gasteiger partial charge in [-0.05, 0) is 23.3 Å². The van der Waals surface area contributed by atoms with Gasteiger partial charge in [-0.1, -0.05) is 30.3 Å². The van der Waals surface area contributed by atoms with Crippen molar-refractivity contribution in [3.05, 3.63) is 66.0 Å². The Morgan fingerprint density at radius 1 is 1.15 bits per heavy atom. The van der Waals surface area contributed by atoms with Gasteiger partial charge >= 0.3 is 0 Å². The molecule has 0 aliphatic carbocycles. The monoisotopic (exact) mass is 267 g/mol. The van der Waals surface area contributed by atoms with E-state index in [1.165, 1.54) is 0 Å². The van der Waals surface area contributed by atoms with Crippen LogP contribution in [0.1, 0.15) is 17.2 Å². The summed E-state index contributed by atoms with van der Waals surface area (Å²) >= 11 is 0. The second-order valence-electron chi connectivity index (χ2n) is 4.74. The van der Waals surface area contributed by atoms with Crippen LogP contribution < -0.4 is 5.32 Å². The Bertz CT molecular complexity index is 678. The van der Waals surface area contributed by atoms with Gasteiger partial charge in [-0.25, -0.2) is 4.98 Å². The van der Waals surface area contributed by atoms with Crippen molar-refractivity contribution in [3.63, 3.8) is 0 Å². The highest BCUT2D eigenvalue weighted by atomic mass is 16.3. The van der Waals surface area contributed by atoms with Crippen molar-refractivity contribution < 1.29 is 5.11 Å². The Morgan fingerprint density at radius 2 is 2.00 bits per heavy atom. The highest BCUT2D eigenvalue weighted by Gasteiger charge is 2.10. The molecule has 4 nitrogen and oxygen atoms in total. The van der Waals surface area contributed by atoms with E-state index in [1.54, 1.807) is 6.20 Å². The molecule has 0 saturated heterocycles. The molecule has 0 bridgehead atoms. The predicted molar refractivity (Wildman–Crippen MR) is 79.2 cm³/mol. The van der Waals surface area contributed by atoms with Crippen LogP contribution in [-0.4, -0.2) is 21.7 Å². The molecule has 0 aliphatic heterocycles. The summed E-state index contributed by atoms with van der Waals surface area (Å²) < 4.78 is 0. The molecule has 0 amide bonds. The normalized spacial score (nSPS) is 12.7. The van der Waals surface area contributed by atoms with Crippen molar-refractivity contribution in [1.29, 1.82) is 0 Å². The fourth-order valence-corrected chi connectivity index (χ4v) is 2.37. The van der Waals surface area contributed by atoms with Crippen molar-refractivity contribution >= 4 is 11.0 Å². The van der Waals surface area contributed by atoms with Crippen molar-refractivity contribution in [2.75, 3.05) is 6.61 Å². The van der Waals surface area contributed by atoms with Crippen LogP contribution in [0.3, 0.4) is 0 Å². The summed E-state index contributed by atoms with van der Waals surface area (Å²) in [5.74, 6) is 0. The first kappa shape index (κ1) is 12.8. The molecule has 3 rings (SSSR count). The lowest BCUT2D eigenvalue weighted by Crippen LogP contribution is -2.23. The van der Waals surface area contributed by atoms with Gasteiger partial charge < -0.3 is 15.4 Å². The Hall–Kier alpha value is -2.17. The van der Waals surface area contributed by atoms with Crippen molar-refractivity contribution in [2.45, 2.75) is 12.6 Å². The van der Waals surface area contributed by atoms with Gasteiger partial charge in [-0.2, -0.15) is 0 Å². The largest absolute Gasteiger partial charge is 0.394 e. The molecule has 1 aromatic carbocycles. The third-order valence-electron chi connectivity index (χ3n) is 3.46. The number of aromatic nitrogens is 2. The van der Waals surface area contributed by atoms with Gasteiger partial charge in [-0.3, -0.25) is 0 Å².